The van der Waals surface area contributed by atoms with Gasteiger partial charge in [0.15, 0.2) is 0 Å². The van der Waals surface area contributed by atoms with Crippen molar-refractivity contribution >= 4 is 0 Å². The molecule has 0 saturated carbocycles. The zero-order valence-electron chi connectivity index (χ0n) is 8.46. The summed E-state index contributed by atoms with van der Waals surface area (Å²) in [5.41, 5.74) is 2.79. The molecule has 0 radical (unpaired) electrons. The SMILES string of the molecule is CCc1cnn(C(C)C)c1CC. The van der Waals surface area contributed by atoms with Crippen molar-refractivity contribution in [3.05, 3.63) is 17.5 Å². The van der Waals surface area contributed by atoms with E-state index >= 15 is 0 Å². The van der Waals surface area contributed by atoms with Gasteiger partial charge in [-0.2, -0.15) is 5.10 Å². The van der Waals surface area contributed by atoms with Crippen LogP contribution in [0.4, 0.5) is 0 Å². The Hall–Kier alpha value is -0.790. The number of aryl methyl sites for hydroxylation is 1. The summed E-state index contributed by atoms with van der Waals surface area (Å²) in [6.45, 7) is 8.72. The first kappa shape index (κ1) is 9.30. The van der Waals surface area contributed by atoms with Gasteiger partial charge in [0, 0.05) is 11.7 Å². The third kappa shape index (κ3) is 1.52. The Labute approximate surface area is 74.6 Å². The summed E-state index contributed by atoms with van der Waals surface area (Å²) in [5, 5.41) is 4.37. The molecular weight excluding hydrogens is 148 g/mol. The van der Waals surface area contributed by atoms with E-state index in [2.05, 4.69) is 37.5 Å². The predicted octanol–water partition coefficient (Wildman–Crippen LogP) is 2.59. The highest BCUT2D eigenvalue weighted by molar-refractivity contribution is 5.17. The van der Waals surface area contributed by atoms with Gasteiger partial charge in [0.2, 0.25) is 0 Å². The largest absolute Gasteiger partial charge is 0.267 e. The Morgan fingerprint density at radius 2 is 2.00 bits per heavy atom. The van der Waals surface area contributed by atoms with E-state index in [9.17, 15) is 0 Å². The second-order valence-electron chi connectivity index (χ2n) is 3.36. The first-order valence-corrected chi connectivity index (χ1v) is 4.75. The smallest absolute Gasteiger partial charge is 0.0524 e. The van der Waals surface area contributed by atoms with Crippen LogP contribution in [0.5, 0.6) is 0 Å². The number of aromatic nitrogens is 2. The fourth-order valence-electron chi connectivity index (χ4n) is 1.55. The first-order chi connectivity index (χ1) is 5.70. The molecule has 1 aromatic rings. The Morgan fingerprint density at radius 3 is 2.42 bits per heavy atom. The number of rotatable bonds is 3. The zero-order valence-corrected chi connectivity index (χ0v) is 8.46. The topological polar surface area (TPSA) is 17.8 Å². The first-order valence-electron chi connectivity index (χ1n) is 4.75. The summed E-state index contributed by atoms with van der Waals surface area (Å²) in [5.74, 6) is 0. The molecule has 2 nitrogen and oxygen atoms in total. The van der Waals surface area contributed by atoms with E-state index in [1.807, 2.05) is 6.20 Å². The monoisotopic (exact) mass is 166 g/mol. The van der Waals surface area contributed by atoms with Gasteiger partial charge in [-0.3, -0.25) is 4.68 Å². The molecule has 0 aromatic carbocycles. The number of hydrogen-bond acceptors (Lipinski definition) is 1. The van der Waals surface area contributed by atoms with Crippen LogP contribution in [0.3, 0.4) is 0 Å². The lowest BCUT2D eigenvalue weighted by Gasteiger charge is -2.10. The third-order valence-electron chi connectivity index (χ3n) is 2.19. The summed E-state index contributed by atoms with van der Waals surface area (Å²) in [4.78, 5) is 0. The van der Waals surface area contributed by atoms with E-state index in [4.69, 9.17) is 0 Å². The van der Waals surface area contributed by atoms with Crippen LogP contribution >= 0.6 is 0 Å². The molecule has 0 aliphatic heterocycles. The summed E-state index contributed by atoms with van der Waals surface area (Å²) < 4.78 is 2.12. The van der Waals surface area contributed by atoms with Gasteiger partial charge in [0.1, 0.15) is 0 Å². The van der Waals surface area contributed by atoms with Crippen LogP contribution in [0.2, 0.25) is 0 Å². The van der Waals surface area contributed by atoms with E-state index in [1.54, 1.807) is 0 Å². The summed E-state index contributed by atoms with van der Waals surface area (Å²) >= 11 is 0. The molecule has 1 heterocycles. The van der Waals surface area contributed by atoms with Gasteiger partial charge >= 0.3 is 0 Å². The highest BCUT2D eigenvalue weighted by Gasteiger charge is 2.08. The highest BCUT2D eigenvalue weighted by Crippen LogP contribution is 2.14. The van der Waals surface area contributed by atoms with Gasteiger partial charge in [-0.05, 0) is 32.3 Å². The van der Waals surface area contributed by atoms with Gasteiger partial charge in [0.05, 0.1) is 6.20 Å². The number of nitrogens with zero attached hydrogens (tertiary/aromatic N) is 2. The van der Waals surface area contributed by atoms with Crippen LogP contribution < -0.4 is 0 Å². The molecule has 0 aliphatic rings. The normalized spacial score (nSPS) is 11.1. The molecular formula is C10H18N2. The van der Waals surface area contributed by atoms with Crippen molar-refractivity contribution in [3.63, 3.8) is 0 Å². The van der Waals surface area contributed by atoms with Gasteiger partial charge in [-0.1, -0.05) is 13.8 Å². The van der Waals surface area contributed by atoms with Crippen molar-refractivity contribution in [2.24, 2.45) is 0 Å². The lowest BCUT2D eigenvalue weighted by atomic mass is 10.1. The molecule has 68 valence electrons. The van der Waals surface area contributed by atoms with E-state index < -0.39 is 0 Å². The zero-order chi connectivity index (χ0) is 9.14. The van der Waals surface area contributed by atoms with Crippen LogP contribution in [0.1, 0.15) is 45.0 Å². The van der Waals surface area contributed by atoms with Gasteiger partial charge < -0.3 is 0 Å². The summed E-state index contributed by atoms with van der Waals surface area (Å²) in [6.07, 6.45) is 4.18. The van der Waals surface area contributed by atoms with E-state index in [0.29, 0.717) is 6.04 Å². The Morgan fingerprint density at radius 1 is 1.33 bits per heavy atom. The third-order valence-corrected chi connectivity index (χ3v) is 2.19. The minimum absolute atomic E-state index is 0.486. The standard InChI is InChI=1S/C10H18N2/c1-5-9-7-11-12(8(3)4)10(9)6-2/h7-8H,5-6H2,1-4H3. The average Bonchev–Trinajstić information content (AvgIpc) is 2.46. The molecule has 0 spiro atoms. The molecule has 0 amide bonds. The maximum absolute atomic E-state index is 4.37. The average molecular weight is 166 g/mol. The fraction of sp³-hybridized carbons (Fsp3) is 0.700. The van der Waals surface area contributed by atoms with E-state index in [1.165, 1.54) is 11.3 Å². The van der Waals surface area contributed by atoms with E-state index in [-0.39, 0.29) is 0 Å². The Balaban J connectivity index is 3.05. The van der Waals surface area contributed by atoms with Crippen LogP contribution in [-0.2, 0) is 12.8 Å². The van der Waals surface area contributed by atoms with Crippen LogP contribution in [0.15, 0.2) is 6.20 Å². The summed E-state index contributed by atoms with van der Waals surface area (Å²) in [6, 6.07) is 0.486. The van der Waals surface area contributed by atoms with Crippen molar-refractivity contribution in [1.82, 2.24) is 9.78 Å². The Bertz CT molecular complexity index is 248. The van der Waals surface area contributed by atoms with Crippen molar-refractivity contribution in [1.29, 1.82) is 0 Å². The van der Waals surface area contributed by atoms with Gasteiger partial charge in [0.25, 0.3) is 0 Å². The number of hydrogen-bond donors (Lipinski definition) is 0. The summed E-state index contributed by atoms with van der Waals surface area (Å²) in [7, 11) is 0. The quantitative estimate of drug-likeness (QED) is 0.675. The van der Waals surface area contributed by atoms with Crippen LogP contribution in [0, 0.1) is 0 Å². The second-order valence-corrected chi connectivity index (χ2v) is 3.36. The minimum atomic E-state index is 0.486. The lowest BCUT2D eigenvalue weighted by Crippen LogP contribution is -2.07. The van der Waals surface area contributed by atoms with Crippen LogP contribution in [-0.4, -0.2) is 9.78 Å². The molecule has 0 aliphatic carbocycles. The lowest BCUT2D eigenvalue weighted by molar-refractivity contribution is 0.510. The van der Waals surface area contributed by atoms with Crippen molar-refractivity contribution < 1.29 is 0 Å². The molecule has 0 atom stereocenters. The molecule has 2 heteroatoms. The van der Waals surface area contributed by atoms with Crippen LogP contribution in [0.25, 0.3) is 0 Å². The molecule has 0 saturated heterocycles. The highest BCUT2D eigenvalue weighted by atomic mass is 15.3. The van der Waals surface area contributed by atoms with E-state index in [0.717, 1.165) is 12.8 Å². The van der Waals surface area contributed by atoms with Crippen molar-refractivity contribution in [2.45, 2.75) is 46.6 Å². The molecule has 1 rings (SSSR count). The molecule has 0 N–H and O–H groups in total. The maximum atomic E-state index is 4.37. The second kappa shape index (κ2) is 3.74. The molecule has 0 unspecified atom stereocenters. The predicted molar refractivity (Wildman–Crippen MR) is 51.4 cm³/mol. The van der Waals surface area contributed by atoms with Crippen molar-refractivity contribution in [3.8, 4) is 0 Å². The minimum Gasteiger partial charge on any atom is -0.267 e. The Kier molecular flexibility index (Phi) is 2.90. The van der Waals surface area contributed by atoms with Gasteiger partial charge in [-0.15, -0.1) is 0 Å². The van der Waals surface area contributed by atoms with Crippen molar-refractivity contribution in [2.75, 3.05) is 0 Å². The molecule has 0 fully saturated rings. The van der Waals surface area contributed by atoms with Gasteiger partial charge in [-0.25, -0.2) is 0 Å². The maximum Gasteiger partial charge on any atom is 0.0524 e. The molecule has 1 aromatic heterocycles. The fourth-order valence-corrected chi connectivity index (χ4v) is 1.55. The molecule has 0 bridgehead atoms. The molecule has 12 heavy (non-hydrogen) atoms.